The van der Waals surface area contributed by atoms with Gasteiger partial charge in [0.25, 0.3) is 0 Å². The van der Waals surface area contributed by atoms with Crippen LogP contribution >= 0.6 is 0 Å². The Hall–Kier alpha value is -3.27. The first-order valence-corrected chi connectivity index (χ1v) is 9.91. The van der Waals surface area contributed by atoms with E-state index >= 15 is 0 Å². The minimum absolute atomic E-state index is 0.0767. The fourth-order valence-electron chi connectivity index (χ4n) is 5.07. The Bertz CT molecular complexity index is 1060. The Labute approximate surface area is 172 Å². The maximum absolute atomic E-state index is 13.1. The van der Waals surface area contributed by atoms with Crippen LogP contribution in [-0.2, 0) is 20.7 Å². The molecular weight excluding hydrogens is 388 g/mol. The summed E-state index contributed by atoms with van der Waals surface area (Å²) in [6.45, 7) is 6.17. The van der Waals surface area contributed by atoms with Crippen LogP contribution in [0.25, 0.3) is 11.4 Å². The van der Waals surface area contributed by atoms with Gasteiger partial charge in [0, 0.05) is 17.8 Å². The molecule has 0 bridgehead atoms. The van der Waals surface area contributed by atoms with E-state index in [1.165, 1.54) is 0 Å². The zero-order valence-corrected chi connectivity index (χ0v) is 16.9. The van der Waals surface area contributed by atoms with Gasteiger partial charge < -0.3 is 14.6 Å². The number of carbonyl (C=O) groups is 3. The number of aromatic nitrogens is 3. The summed E-state index contributed by atoms with van der Waals surface area (Å²) in [5.41, 5.74) is 1.12. The van der Waals surface area contributed by atoms with Crippen LogP contribution in [0, 0.1) is 12.3 Å². The van der Waals surface area contributed by atoms with Gasteiger partial charge in [0.15, 0.2) is 11.2 Å². The van der Waals surface area contributed by atoms with E-state index in [9.17, 15) is 14.4 Å². The van der Waals surface area contributed by atoms with E-state index < -0.39 is 29.3 Å². The predicted molar refractivity (Wildman–Crippen MR) is 106 cm³/mol. The molecule has 5 rings (SSSR count). The number of aromatic amines is 1. The number of H-pyrrole nitrogens is 1. The van der Waals surface area contributed by atoms with Crippen molar-refractivity contribution in [2.75, 3.05) is 11.4 Å². The molecule has 3 aliphatic heterocycles. The minimum atomic E-state index is -1.48. The number of carbonyl (C=O) groups excluding carboxylic acids is 3. The van der Waals surface area contributed by atoms with Crippen LogP contribution in [0.15, 0.2) is 18.2 Å². The number of hydrogen-bond donors (Lipinski definition) is 3. The van der Waals surface area contributed by atoms with Gasteiger partial charge in [-0.05, 0) is 51.0 Å². The van der Waals surface area contributed by atoms with Crippen molar-refractivity contribution in [1.82, 2.24) is 25.8 Å². The second kappa shape index (κ2) is 6.36. The number of aryl methyl sites for hydroxylation is 1. The molecule has 1 aromatic heterocycles. The van der Waals surface area contributed by atoms with E-state index in [4.69, 9.17) is 4.74 Å². The zero-order valence-electron chi connectivity index (χ0n) is 16.9. The predicted octanol–water partition coefficient (Wildman–Crippen LogP) is 0.671. The molecule has 156 valence electrons. The van der Waals surface area contributed by atoms with Crippen LogP contribution in [0.2, 0.25) is 0 Å². The molecule has 3 aliphatic rings. The molecule has 1 aromatic carbocycles. The van der Waals surface area contributed by atoms with Gasteiger partial charge in [0.2, 0.25) is 11.8 Å². The highest BCUT2D eigenvalue weighted by Crippen LogP contribution is 2.47. The quantitative estimate of drug-likeness (QED) is 0.589. The van der Waals surface area contributed by atoms with Crippen LogP contribution in [0.4, 0.5) is 10.5 Å². The standard InChI is InChI=1S/C20H22N6O4/c1-9-8-26-14-5-4-12(16-21-11(3)24-25-16)6-13(14)7-20(15(26)10(2)30-9)17(27)22-19(29)23-18(20)28/h4-6,9-10,15H,7-8H2,1-3H3,(H,21,24,25)(H2,22,23,27,28,29)/t9-,10+,15-/m1/s1. The van der Waals surface area contributed by atoms with Gasteiger partial charge in [-0.15, -0.1) is 10.2 Å². The molecule has 3 atom stereocenters. The highest BCUT2D eigenvalue weighted by molar-refractivity contribution is 6.20. The number of urea groups is 1. The molecule has 10 nitrogen and oxygen atoms in total. The normalized spacial score (nSPS) is 27.4. The summed E-state index contributed by atoms with van der Waals surface area (Å²) in [7, 11) is 0. The van der Waals surface area contributed by atoms with Crippen LogP contribution in [0.5, 0.6) is 0 Å². The minimum Gasteiger partial charge on any atom is -0.372 e. The number of nitrogens with zero attached hydrogens (tertiary/aromatic N) is 3. The molecule has 0 unspecified atom stereocenters. The third-order valence-corrected chi connectivity index (χ3v) is 6.18. The fraction of sp³-hybridized carbons (Fsp3) is 0.450. The van der Waals surface area contributed by atoms with Gasteiger partial charge in [0.05, 0.1) is 18.2 Å². The molecule has 10 heteroatoms. The average Bonchev–Trinajstić information content (AvgIpc) is 3.11. The van der Waals surface area contributed by atoms with Gasteiger partial charge >= 0.3 is 6.03 Å². The van der Waals surface area contributed by atoms with Crippen molar-refractivity contribution < 1.29 is 19.1 Å². The smallest absolute Gasteiger partial charge is 0.328 e. The number of nitrogens with one attached hydrogen (secondary N) is 3. The summed E-state index contributed by atoms with van der Waals surface area (Å²) in [4.78, 5) is 43.2. The first-order chi connectivity index (χ1) is 14.3. The second-order valence-electron chi connectivity index (χ2n) is 8.24. The van der Waals surface area contributed by atoms with Crippen molar-refractivity contribution in [2.45, 2.75) is 45.4 Å². The Morgan fingerprint density at radius 3 is 2.53 bits per heavy atom. The molecule has 0 aliphatic carbocycles. The molecule has 30 heavy (non-hydrogen) atoms. The molecular formula is C20H22N6O4. The lowest BCUT2D eigenvalue weighted by Crippen LogP contribution is -2.75. The zero-order chi connectivity index (χ0) is 21.2. The highest BCUT2D eigenvalue weighted by atomic mass is 16.5. The highest BCUT2D eigenvalue weighted by Gasteiger charge is 2.62. The third-order valence-electron chi connectivity index (χ3n) is 6.18. The van der Waals surface area contributed by atoms with E-state index in [2.05, 4.69) is 30.7 Å². The summed E-state index contributed by atoms with van der Waals surface area (Å²) in [5, 5.41) is 12.7. The molecule has 2 fully saturated rings. The molecule has 3 N–H and O–H groups in total. The van der Waals surface area contributed by atoms with Gasteiger partial charge in [-0.25, -0.2) is 4.79 Å². The van der Waals surface area contributed by atoms with Crippen molar-refractivity contribution >= 4 is 23.5 Å². The van der Waals surface area contributed by atoms with Gasteiger partial charge in [-0.2, -0.15) is 0 Å². The number of amides is 4. The van der Waals surface area contributed by atoms with Crippen LogP contribution in [0.1, 0.15) is 25.2 Å². The maximum atomic E-state index is 13.1. The second-order valence-corrected chi connectivity index (χ2v) is 8.24. The Morgan fingerprint density at radius 1 is 1.13 bits per heavy atom. The SMILES string of the molecule is Cc1nnc(-c2ccc3c(c2)CC2(C(=O)NC(=O)NC2=O)[C@H]2[C@H](C)O[C@H](C)CN32)[nH]1. The van der Waals surface area contributed by atoms with Crippen LogP contribution < -0.4 is 15.5 Å². The van der Waals surface area contributed by atoms with Crippen LogP contribution in [0.3, 0.4) is 0 Å². The molecule has 1 spiro atoms. The van der Waals surface area contributed by atoms with Crippen molar-refractivity contribution in [3.63, 3.8) is 0 Å². The van der Waals surface area contributed by atoms with Crippen molar-refractivity contribution in [2.24, 2.45) is 5.41 Å². The molecule has 0 saturated carbocycles. The number of imide groups is 2. The number of anilines is 1. The maximum Gasteiger partial charge on any atom is 0.328 e. The monoisotopic (exact) mass is 410 g/mol. The van der Waals surface area contributed by atoms with E-state index in [1.807, 2.05) is 39.0 Å². The number of barbiturate groups is 1. The van der Waals surface area contributed by atoms with Gasteiger partial charge in [0.1, 0.15) is 5.82 Å². The van der Waals surface area contributed by atoms with E-state index in [1.54, 1.807) is 0 Å². The van der Waals surface area contributed by atoms with Gasteiger partial charge in [-0.1, -0.05) is 0 Å². The lowest BCUT2D eigenvalue weighted by molar-refractivity contribution is -0.153. The van der Waals surface area contributed by atoms with Crippen LogP contribution in [-0.4, -0.2) is 57.8 Å². The molecule has 0 radical (unpaired) electrons. The summed E-state index contributed by atoms with van der Waals surface area (Å²) in [6, 6.07) is 4.53. The molecule has 2 saturated heterocycles. The van der Waals surface area contributed by atoms with E-state index in [-0.39, 0.29) is 18.6 Å². The Kier molecular flexibility index (Phi) is 3.97. The third kappa shape index (κ3) is 2.56. The van der Waals surface area contributed by atoms with Crippen molar-refractivity contribution in [1.29, 1.82) is 0 Å². The summed E-state index contributed by atoms with van der Waals surface area (Å²) >= 11 is 0. The number of fused-ring (bicyclic) bond motifs is 4. The van der Waals surface area contributed by atoms with E-state index in [0.717, 1.165) is 16.8 Å². The van der Waals surface area contributed by atoms with Gasteiger partial charge in [-0.3, -0.25) is 20.2 Å². The average molecular weight is 410 g/mol. The largest absolute Gasteiger partial charge is 0.372 e. The Balaban J connectivity index is 1.68. The first-order valence-electron chi connectivity index (χ1n) is 9.91. The summed E-state index contributed by atoms with van der Waals surface area (Å²) < 4.78 is 6.01. The summed E-state index contributed by atoms with van der Waals surface area (Å²) in [5.74, 6) is 0.119. The number of hydrogen-bond acceptors (Lipinski definition) is 7. The molecule has 4 heterocycles. The number of rotatable bonds is 1. The fourth-order valence-corrected chi connectivity index (χ4v) is 5.07. The van der Waals surface area contributed by atoms with E-state index in [0.29, 0.717) is 18.2 Å². The number of ether oxygens (including phenoxy) is 1. The lowest BCUT2D eigenvalue weighted by Gasteiger charge is -2.55. The Morgan fingerprint density at radius 2 is 1.87 bits per heavy atom. The number of morpholine rings is 1. The topological polar surface area (TPSA) is 129 Å². The first kappa shape index (κ1) is 18.7. The molecule has 4 amide bonds. The number of benzene rings is 1. The summed E-state index contributed by atoms with van der Waals surface area (Å²) in [6.07, 6.45) is -0.312. The molecule has 2 aromatic rings. The lowest BCUT2D eigenvalue weighted by atomic mass is 9.66. The van der Waals surface area contributed by atoms with Crippen molar-refractivity contribution in [3.8, 4) is 11.4 Å². The van der Waals surface area contributed by atoms with Crippen molar-refractivity contribution in [3.05, 3.63) is 29.6 Å².